The van der Waals surface area contributed by atoms with Crippen molar-refractivity contribution in [2.24, 2.45) is 0 Å². The molecule has 1 aromatic carbocycles. The third-order valence-corrected chi connectivity index (χ3v) is 3.66. The number of aromatic nitrogens is 2. The second-order valence-electron chi connectivity index (χ2n) is 5.27. The lowest BCUT2D eigenvalue weighted by Gasteiger charge is -2.32. The van der Waals surface area contributed by atoms with E-state index in [0.29, 0.717) is 37.0 Å². The highest BCUT2D eigenvalue weighted by atomic mass is 19.1. The molecule has 2 aromatic rings. The minimum absolute atomic E-state index is 0.131. The van der Waals surface area contributed by atoms with Crippen molar-refractivity contribution in [1.82, 2.24) is 14.9 Å². The molecule has 0 saturated carbocycles. The van der Waals surface area contributed by atoms with Crippen LogP contribution in [0, 0.1) is 5.82 Å². The summed E-state index contributed by atoms with van der Waals surface area (Å²) in [6.07, 6.45) is 2.62. The highest BCUT2D eigenvalue weighted by Crippen LogP contribution is 2.23. The van der Waals surface area contributed by atoms with E-state index >= 15 is 0 Å². The van der Waals surface area contributed by atoms with Crippen molar-refractivity contribution in [3.8, 4) is 5.75 Å². The number of amides is 1. The van der Waals surface area contributed by atoms with E-state index in [4.69, 9.17) is 15.2 Å². The van der Waals surface area contributed by atoms with Gasteiger partial charge in [0.1, 0.15) is 29.2 Å². The predicted molar refractivity (Wildman–Crippen MR) is 83.6 cm³/mol. The zero-order chi connectivity index (χ0) is 16.9. The lowest BCUT2D eigenvalue weighted by molar-refractivity contribution is -0.141. The maximum atomic E-state index is 12.8. The van der Waals surface area contributed by atoms with Gasteiger partial charge in [-0.05, 0) is 24.3 Å². The third-order valence-electron chi connectivity index (χ3n) is 3.66. The molecule has 1 aliphatic heterocycles. The summed E-state index contributed by atoms with van der Waals surface area (Å²) in [5, 5.41) is 0. The Hall–Kier alpha value is -2.74. The van der Waals surface area contributed by atoms with Crippen LogP contribution in [0.25, 0.3) is 0 Å². The fourth-order valence-electron chi connectivity index (χ4n) is 2.42. The van der Waals surface area contributed by atoms with Gasteiger partial charge in [-0.25, -0.2) is 9.37 Å². The Labute approximate surface area is 138 Å². The minimum atomic E-state index is -0.415. The summed E-state index contributed by atoms with van der Waals surface area (Å²) in [6.45, 7) is 1.04. The van der Waals surface area contributed by atoms with E-state index in [1.807, 2.05) is 0 Å². The topological polar surface area (TPSA) is 90.6 Å². The molecule has 0 aliphatic carbocycles. The first-order valence-corrected chi connectivity index (χ1v) is 7.47. The second kappa shape index (κ2) is 7.22. The molecule has 126 valence electrons. The zero-order valence-electron chi connectivity index (χ0n) is 12.9. The van der Waals surface area contributed by atoms with Crippen LogP contribution in [0.5, 0.6) is 5.75 Å². The van der Waals surface area contributed by atoms with Crippen LogP contribution in [0.15, 0.2) is 36.7 Å². The molecule has 1 fully saturated rings. The standard InChI is InChI=1S/C16H17FN4O3/c17-11-1-3-12(4-2-11)24-10-14(22)21-7-8-23-13(9-21)15-16(18)20-6-5-19-15/h1-6,13H,7-10H2,(H2,18,20)/t13-/m0/s1. The lowest BCUT2D eigenvalue weighted by Crippen LogP contribution is -2.44. The van der Waals surface area contributed by atoms with Gasteiger partial charge in [0, 0.05) is 18.9 Å². The molecule has 2 N–H and O–H groups in total. The van der Waals surface area contributed by atoms with E-state index in [-0.39, 0.29) is 18.3 Å². The molecule has 0 bridgehead atoms. The second-order valence-corrected chi connectivity index (χ2v) is 5.27. The van der Waals surface area contributed by atoms with Gasteiger partial charge in [-0.2, -0.15) is 0 Å². The molecule has 1 aromatic heterocycles. The van der Waals surface area contributed by atoms with Crippen molar-refractivity contribution in [2.45, 2.75) is 6.10 Å². The maximum absolute atomic E-state index is 12.8. The zero-order valence-corrected chi connectivity index (χ0v) is 12.9. The number of anilines is 1. The van der Waals surface area contributed by atoms with Crippen molar-refractivity contribution in [1.29, 1.82) is 0 Å². The van der Waals surface area contributed by atoms with Crippen molar-refractivity contribution < 1.29 is 18.7 Å². The maximum Gasteiger partial charge on any atom is 0.260 e. The quantitative estimate of drug-likeness (QED) is 0.904. The Kier molecular flexibility index (Phi) is 4.85. The monoisotopic (exact) mass is 332 g/mol. The van der Waals surface area contributed by atoms with Crippen LogP contribution in [0.4, 0.5) is 10.2 Å². The third kappa shape index (κ3) is 3.77. The van der Waals surface area contributed by atoms with Gasteiger partial charge in [0.15, 0.2) is 6.61 Å². The molecule has 1 aliphatic rings. The van der Waals surface area contributed by atoms with Gasteiger partial charge in [-0.15, -0.1) is 0 Å². The minimum Gasteiger partial charge on any atom is -0.484 e. The van der Waals surface area contributed by atoms with E-state index in [1.165, 1.54) is 36.7 Å². The molecule has 1 amide bonds. The first kappa shape index (κ1) is 16.1. The first-order valence-electron chi connectivity index (χ1n) is 7.47. The number of nitrogens with zero attached hydrogens (tertiary/aromatic N) is 3. The van der Waals surface area contributed by atoms with Crippen molar-refractivity contribution >= 4 is 11.7 Å². The molecule has 8 heteroatoms. The molecule has 0 unspecified atom stereocenters. The van der Waals surface area contributed by atoms with Gasteiger partial charge >= 0.3 is 0 Å². The van der Waals surface area contributed by atoms with Crippen LogP contribution in [-0.2, 0) is 9.53 Å². The average Bonchev–Trinajstić information content (AvgIpc) is 2.61. The SMILES string of the molecule is Nc1nccnc1[C@@H]1CN(C(=O)COc2ccc(F)cc2)CCO1. The van der Waals surface area contributed by atoms with Gasteiger partial charge in [0.25, 0.3) is 5.91 Å². The highest BCUT2D eigenvalue weighted by molar-refractivity contribution is 5.78. The number of hydrogen-bond acceptors (Lipinski definition) is 6. The summed E-state index contributed by atoms with van der Waals surface area (Å²) in [5.41, 5.74) is 6.33. The smallest absolute Gasteiger partial charge is 0.260 e. The normalized spacial score (nSPS) is 17.5. The number of benzene rings is 1. The molecule has 1 saturated heterocycles. The Morgan fingerprint density at radius 1 is 1.33 bits per heavy atom. The van der Waals surface area contributed by atoms with Crippen LogP contribution < -0.4 is 10.5 Å². The number of nitrogen functional groups attached to an aromatic ring is 1. The fraction of sp³-hybridized carbons (Fsp3) is 0.312. The molecule has 0 spiro atoms. The highest BCUT2D eigenvalue weighted by Gasteiger charge is 2.28. The van der Waals surface area contributed by atoms with Gasteiger partial charge < -0.3 is 20.1 Å². The summed E-state index contributed by atoms with van der Waals surface area (Å²) < 4.78 is 23.9. The van der Waals surface area contributed by atoms with E-state index in [9.17, 15) is 9.18 Å². The number of carbonyl (C=O) groups is 1. The van der Waals surface area contributed by atoms with Crippen LogP contribution in [0.1, 0.15) is 11.8 Å². The number of rotatable bonds is 4. The molecule has 2 heterocycles. The van der Waals surface area contributed by atoms with E-state index in [1.54, 1.807) is 4.90 Å². The molecular formula is C16H17FN4O3. The van der Waals surface area contributed by atoms with E-state index in [0.717, 1.165) is 0 Å². The van der Waals surface area contributed by atoms with Crippen LogP contribution >= 0.6 is 0 Å². The number of nitrogens with two attached hydrogens (primary N) is 1. The van der Waals surface area contributed by atoms with Crippen molar-refractivity contribution in [3.05, 3.63) is 48.2 Å². The van der Waals surface area contributed by atoms with Crippen LogP contribution in [-0.4, -0.2) is 47.1 Å². The van der Waals surface area contributed by atoms with Gasteiger partial charge in [-0.1, -0.05) is 0 Å². The Morgan fingerprint density at radius 3 is 2.83 bits per heavy atom. The summed E-state index contributed by atoms with van der Waals surface area (Å²) in [7, 11) is 0. The number of carbonyl (C=O) groups excluding carboxylic acids is 1. The van der Waals surface area contributed by atoms with Crippen molar-refractivity contribution in [2.75, 3.05) is 32.0 Å². The molecular weight excluding hydrogens is 315 g/mol. The predicted octanol–water partition coefficient (Wildman–Crippen LogP) is 1.18. The van der Waals surface area contributed by atoms with Gasteiger partial charge in [0.05, 0.1) is 13.2 Å². The van der Waals surface area contributed by atoms with Gasteiger partial charge in [-0.3, -0.25) is 9.78 Å². The molecule has 24 heavy (non-hydrogen) atoms. The van der Waals surface area contributed by atoms with Crippen molar-refractivity contribution in [3.63, 3.8) is 0 Å². The van der Waals surface area contributed by atoms with Crippen LogP contribution in [0.2, 0.25) is 0 Å². The fourth-order valence-corrected chi connectivity index (χ4v) is 2.42. The molecule has 7 nitrogen and oxygen atoms in total. The Bertz CT molecular complexity index is 711. The van der Waals surface area contributed by atoms with E-state index < -0.39 is 6.10 Å². The number of hydrogen-bond donors (Lipinski definition) is 1. The summed E-state index contributed by atoms with van der Waals surface area (Å²) in [6, 6.07) is 5.51. The number of ether oxygens (including phenoxy) is 2. The first-order chi connectivity index (χ1) is 11.6. The van der Waals surface area contributed by atoms with Gasteiger partial charge in [0.2, 0.25) is 0 Å². The summed E-state index contributed by atoms with van der Waals surface area (Å²) >= 11 is 0. The van der Waals surface area contributed by atoms with Crippen LogP contribution in [0.3, 0.4) is 0 Å². The summed E-state index contributed by atoms with van der Waals surface area (Å²) in [5.74, 6) is 0.188. The molecule has 1 atom stereocenters. The number of morpholine rings is 1. The number of halogens is 1. The Morgan fingerprint density at radius 2 is 2.08 bits per heavy atom. The average molecular weight is 332 g/mol. The van der Waals surface area contributed by atoms with E-state index in [2.05, 4.69) is 9.97 Å². The largest absolute Gasteiger partial charge is 0.484 e. The lowest BCUT2D eigenvalue weighted by atomic mass is 10.2. The Balaban J connectivity index is 1.59. The molecule has 3 rings (SSSR count). The molecule has 0 radical (unpaired) electrons. The summed E-state index contributed by atoms with van der Waals surface area (Å²) in [4.78, 5) is 22.1.